The summed E-state index contributed by atoms with van der Waals surface area (Å²) in [4.78, 5) is 0. The van der Waals surface area contributed by atoms with Gasteiger partial charge in [0.1, 0.15) is 23.7 Å². The minimum atomic E-state index is -0.223. The second-order valence-corrected chi connectivity index (χ2v) is 4.89. The van der Waals surface area contributed by atoms with E-state index in [2.05, 4.69) is 0 Å². The molecule has 0 saturated carbocycles. The Bertz CT molecular complexity index is 643. The molecule has 0 spiro atoms. The number of nitriles is 1. The Hall–Kier alpha value is -2.48. The molecule has 4 N–H and O–H groups in total. The molecular formula is C14H13N3O2. The molecule has 2 aliphatic rings. The Kier molecular flexibility index (Phi) is 2.46. The van der Waals surface area contributed by atoms with Crippen molar-refractivity contribution in [3.8, 4) is 17.6 Å². The second-order valence-electron chi connectivity index (χ2n) is 4.89. The number of benzene rings is 1. The van der Waals surface area contributed by atoms with Gasteiger partial charge in [-0.15, -0.1) is 0 Å². The Morgan fingerprint density at radius 1 is 1.42 bits per heavy atom. The first-order valence-electron chi connectivity index (χ1n) is 6.06. The molecule has 5 nitrogen and oxygen atoms in total. The van der Waals surface area contributed by atoms with Crippen LogP contribution >= 0.6 is 0 Å². The molecule has 0 bridgehead atoms. The molecular weight excluding hydrogens is 242 g/mol. The fraction of sp³-hybridized carbons (Fsp3) is 0.286. The van der Waals surface area contributed by atoms with Crippen LogP contribution in [0, 0.1) is 22.7 Å². The van der Waals surface area contributed by atoms with Gasteiger partial charge in [-0.2, -0.15) is 5.26 Å². The fourth-order valence-electron chi connectivity index (χ4n) is 2.72. The zero-order valence-corrected chi connectivity index (χ0v) is 10.2. The van der Waals surface area contributed by atoms with Gasteiger partial charge in [0.05, 0.1) is 11.3 Å². The molecule has 0 amide bonds. The quantitative estimate of drug-likeness (QED) is 0.653. The standard InChI is InChI=1S/C14H13N3O2/c15-6-10-11(16)5-13-9(14(10)17)3-7-1-2-8(18)4-12(7)19-13/h1-2,4,9,13,17-18H,3,5,16H2. The SMILES string of the molecule is N#CC1=C(N)CC2Oc3cc(O)ccc3CC2C1=N. The van der Waals surface area contributed by atoms with Crippen molar-refractivity contribution in [1.29, 1.82) is 10.7 Å². The van der Waals surface area contributed by atoms with E-state index in [4.69, 9.17) is 21.1 Å². The predicted octanol–water partition coefficient (Wildman–Crippen LogP) is 1.47. The number of nitrogens with zero attached hydrogens (tertiary/aromatic N) is 1. The highest BCUT2D eigenvalue weighted by molar-refractivity contribution is 6.05. The van der Waals surface area contributed by atoms with E-state index in [1.54, 1.807) is 18.2 Å². The van der Waals surface area contributed by atoms with Crippen molar-refractivity contribution >= 4 is 5.71 Å². The van der Waals surface area contributed by atoms with Crippen molar-refractivity contribution in [3.63, 3.8) is 0 Å². The number of aromatic hydroxyl groups is 1. The number of nitrogens with two attached hydrogens (primary N) is 1. The molecule has 5 heteroatoms. The van der Waals surface area contributed by atoms with E-state index in [-0.39, 0.29) is 29.1 Å². The monoisotopic (exact) mass is 255 g/mol. The number of rotatable bonds is 0. The van der Waals surface area contributed by atoms with E-state index in [0.29, 0.717) is 24.3 Å². The van der Waals surface area contributed by atoms with Crippen molar-refractivity contribution in [3.05, 3.63) is 35.0 Å². The van der Waals surface area contributed by atoms with Crippen LogP contribution in [0.4, 0.5) is 0 Å². The van der Waals surface area contributed by atoms with Crippen LogP contribution in [0.1, 0.15) is 12.0 Å². The number of allylic oxidation sites excluding steroid dienone is 1. The van der Waals surface area contributed by atoms with Gasteiger partial charge in [-0.25, -0.2) is 0 Å². The number of fused-ring (bicyclic) bond motifs is 2. The number of ether oxygens (including phenoxy) is 1. The van der Waals surface area contributed by atoms with Gasteiger partial charge in [0.2, 0.25) is 0 Å². The zero-order chi connectivity index (χ0) is 13.6. The van der Waals surface area contributed by atoms with Crippen molar-refractivity contribution in [1.82, 2.24) is 0 Å². The fourth-order valence-corrected chi connectivity index (χ4v) is 2.72. The molecule has 96 valence electrons. The van der Waals surface area contributed by atoms with Gasteiger partial charge < -0.3 is 21.0 Å². The molecule has 1 aliphatic carbocycles. The van der Waals surface area contributed by atoms with E-state index >= 15 is 0 Å². The zero-order valence-electron chi connectivity index (χ0n) is 10.2. The minimum Gasteiger partial charge on any atom is -0.508 e. The molecule has 1 aliphatic heterocycles. The minimum absolute atomic E-state index is 0.140. The van der Waals surface area contributed by atoms with E-state index in [1.165, 1.54) is 0 Å². The summed E-state index contributed by atoms with van der Waals surface area (Å²) in [5.41, 5.74) is 7.73. The van der Waals surface area contributed by atoms with Gasteiger partial charge >= 0.3 is 0 Å². The average Bonchev–Trinajstić information content (AvgIpc) is 2.37. The predicted molar refractivity (Wildman–Crippen MR) is 68.9 cm³/mol. The number of phenolic OH excluding ortho intramolecular Hbond substituents is 1. The third-order valence-electron chi connectivity index (χ3n) is 3.71. The van der Waals surface area contributed by atoms with E-state index in [0.717, 1.165) is 5.56 Å². The van der Waals surface area contributed by atoms with Gasteiger partial charge in [-0.3, -0.25) is 0 Å². The van der Waals surface area contributed by atoms with Crippen LogP contribution in [-0.2, 0) is 6.42 Å². The maximum absolute atomic E-state index is 9.47. The van der Waals surface area contributed by atoms with Crippen LogP contribution < -0.4 is 10.5 Å². The third-order valence-corrected chi connectivity index (χ3v) is 3.71. The molecule has 0 radical (unpaired) electrons. The molecule has 0 saturated heterocycles. The molecule has 3 rings (SSSR count). The van der Waals surface area contributed by atoms with Gasteiger partial charge in [-0.1, -0.05) is 6.07 Å². The summed E-state index contributed by atoms with van der Waals surface area (Å²) in [5, 5.41) is 26.6. The van der Waals surface area contributed by atoms with Gasteiger partial charge in [-0.05, 0) is 18.1 Å². The topological polar surface area (TPSA) is 103 Å². The largest absolute Gasteiger partial charge is 0.508 e. The smallest absolute Gasteiger partial charge is 0.126 e. The van der Waals surface area contributed by atoms with E-state index in [9.17, 15) is 5.11 Å². The lowest BCUT2D eigenvalue weighted by atomic mass is 9.78. The maximum atomic E-state index is 9.47. The molecule has 1 aromatic rings. The second kappa shape index (κ2) is 4.02. The molecule has 1 aromatic carbocycles. The van der Waals surface area contributed by atoms with Crippen molar-refractivity contribution in [2.45, 2.75) is 18.9 Å². The van der Waals surface area contributed by atoms with Crippen molar-refractivity contribution < 1.29 is 9.84 Å². The molecule has 2 atom stereocenters. The van der Waals surface area contributed by atoms with Gasteiger partial charge in [0.15, 0.2) is 0 Å². The van der Waals surface area contributed by atoms with Crippen LogP contribution in [0.3, 0.4) is 0 Å². The lowest BCUT2D eigenvalue weighted by Gasteiger charge is -2.37. The van der Waals surface area contributed by atoms with Crippen LogP contribution in [0.2, 0.25) is 0 Å². The van der Waals surface area contributed by atoms with Crippen LogP contribution in [-0.4, -0.2) is 16.9 Å². The molecule has 0 fully saturated rings. The summed E-state index contributed by atoms with van der Waals surface area (Å²) in [5.74, 6) is 0.658. The summed E-state index contributed by atoms with van der Waals surface area (Å²) in [6.45, 7) is 0. The lowest BCUT2D eigenvalue weighted by Crippen LogP contribution is -2.43. The highest BCUT2D eigenvalue weighted by atomic mass is 16.5. The van der Waals surface area contributed by atoms with E-state index < -0.39 is 0 Å². The summed E-state index contributed by atoms with van der Waals surface area (Å²) in [6.07, 6.45) is 0.863. The third kappa shape index (κ3) is 1.73. The summed E-state index contributed by atoms with van der Waals surface area (Å²) in [7, 11) is 0. The van der Waals surface area contributed by atoms with E-state index in [1.807, 2.05) is 6.07 Å². The number of phenols is 1. The maximum Gasteiger partial charge on any atom is 0.126 e. The van der Waals surface area contributed by atoms with Crippen molar-refractivity contribution in [2.75, 3.05) is 0 Å². The summed E-state index contributed by atoms with van der Waals surface area (Å²) in [6, 6.07) is 6.98. The van der Waals surface area contributed by atoms with Gasteiger partial charge in [0.25, 0.3) is 0 Å². The number of nitrogens with one attached hydrogen (secondary N) is 1. The normalized spacial score (nSPS) is 25.1. The summed E-state index contributed by atoms with van der Waals surface area (Å²) >= 11 is 0. The molecule has 1 heterocycles. The van der Waals surface area contributed by atoms with Crippen LogP contribution in [0.5, 0.6) is 11.5 Å². The Labute approximate surface area is 110 Å². The Morgan fingerprint density at radius 3 is 2.95 bits per heavy atom. The Morgan fingerprint density at radius 2 is 2.21 bits per heavy atom. The first-order valence-corrected chi connectivity index (χ1v) is 6.06. The molecule has 19 heavy (non-hydrogen) atoms. The Balaban J connectivity index is 2.00. The average molecular weight is 255 g/mol. The molecule has 2 unspecified atom stereocenters. The van der Waals surface area contributed by atoms with Crippen molar-refractivity contribution in [2.24, 2.45) is 11.7 Å². The number of hydrogen-bond acceptors (Lipinski definition) is 5. The van der Waals surface area contributed by atoms with Crippen LogP contribution in [0.25, 0.3) is 0 Å². The first kappa shape index (κ1) is 11.6. The van der Waals surface area contributed by atoms with Crippen LogP contribution in [0.15, 0.2) is 29.5 Å². The lowest BCUT2D eigenvalue weighted by molar-refractivity contribution is 0.140. The highest BCUT2D eigenvalue weighted by Gasteiger charge is 2.39. The number of hydrogen-bond donors (Lipinski definition) is 3. The summed E-state index contributed by atoms with van der Waals surface area (Å²) < 4.78 is 5.83. The highest BCUT2D eigenvalue weighted by Crippen LogP contribution is 2.38. The molecule has 0 aromatic heterocycles. The first-order chi connectivity index (χ1) is 9.10. The van der Waals surface area contributed by atoms with Gasteiger partial charge in [0, 0.05) is 24.1 Å².